The van der Waals surface area contributed by atoms with Gasteiger partial charge in [0.05, 0.1) is 6.42 Å². The number of carbonyl (C=O) groups is 2. The zero-order valence-electron chi connectivity index (χ0n) is 9.24. The first-order valence-electron chi connectivity index (χ1n) is 5.63. The fraction of sp³-hybridized carbons (Fsp3) is 0.818. The SMILES string of the molecule is CCCCCC(=O)N1CC(CC(=O)O)C1. The summed E-state index contributed by atoms with van der Waals surface area (Å²) in [6.45, 7) is 3.38. The number of amides is 1. The van der Waals surface area contributed by atoms with Gasteiger partial charge in [-0.25, -0.2) is 0 Å². The Balaban J connectivity index is 2.09. The standard InChI is InChI=1S/C11H19NO3/c1-2-3-4-5-10(13)12-7-9(8-12)6-11(14)15/h9H,2-8H2,1H3,(H,14,15). The first-order valence-corrected chi connectivity index (χ1v) is 5.63. The second kappa shape index (κ2) is 5.73. The first kappa shape index (κ1) is 12.0. The van der Waals surface area contributed by atoms with Gasteiger partial charge in [-0.2, -0.15) is 0 Å². The summed E-state index contributed by atoms with van der Waals surface area (Å²) in [5, 5.41) is 8.54. The number of aliphatic carboxylic acids is 1. The van der Waals surface area contributed by atoms with E-state index in [0.29, 0.717) is 19.5 Å². The van der Waals surface area contributed by atoms with E-state index in [1.807, 2.05) is 0 Å². The third-order valence-electron chi connectivity index (χ3n) is 2.77. The minimum absolute atomic E-state index is 0.178. The summed E-state index contributed by atoms with van der Waals surface area (Å²) in [6.07, 6.45) is 3.98. The summed E-state index contributed by atoms with van der Waals surface area (Å²) in [5.41, 5.74) is 0. The highest BCUT2D eigenvalue weighted by atomic mass is 16.4. The molecule has 1 aliphatic heterocycles. The second-order valence-corrected chi connectivity index (χ2v) is 4.22. The van der Waals surface area contributed by atoms with Crippen LogP contribution < -0.4 is 0 Å². The molecule has 1 aliphatic rings. The van der Waals surface area contributed by atoms with Crippen molar-refractivity contribution in [2.75, 3.05) is 13.1 Å². The van der Waals surface area contributed by atoms with Gasteiger partial charge in [0.25, 0.3) is 0 Å². The number of rotatable bonds is 6. The highest BCUT2D eigenvalue weighted by molar-refractivity contribution is 5.77. The molecule has 1 rings (SSSR count). The lowest BCUT2D eigenvalue weighted by atomic mass is 9.96. The lowest BCUT2D eigenvalue weighted by Gasteiger charge is -2.38. The van der Waals surface area contributed by atoms with Crippen LogP contribution in [0.1, 0.15) is 39.0 Å². The number of nitrogens with zero attached hydrogens (tertiary/aromatic N) is 1. The zero-order valence-corrected chi connectivity index (χ0v) is 9.24. The molecule has 0 aliphatic carbocycles. The van der Waals surface area contributed by atoms with Crippen LogP contribution >= 0.6 is 0 Å². The number of carboxylic acid groups (broad SMARTS) is 1. The zero-order chi connectivity index (χ0) is 11.3. The van der Waals surface area contributed by atoms with Crippen molar-refractivity contribution in [1.82, 2.24) is 4.90 Å². The van der Waals surface area contributed by atoms with Crippen molar-refractivity contribution < 1.29 is 14.7 Å². The van der Waals surface area contributed by atoms with Crippen molar-refractivity contribution in [3.63, 3.8) is 0 Å². The smallest absolute Gasteiger partial charge is 0.303 e. The molecule has 86 valence electrons. The first-order chi connectivity index (χ1) is 7.13. The molecule has 0 unspecified atom stereocenters. The van der Waals surface area contributed by atoms with Gasteiger partial charge < -0.3 is 10.0 Å². The molecule has 1 amide bonds. The van der Waals surface area contributed by atoms with Crippen LogP contribution in [-0.2, 0) is 9.59 Å². The van der Waals surface area contributed by atoms with E-state index in [4.69, 9.17) is 5.11 Å². The minimum Gasteiger partial charge on any atom is -0.481 e. The molecule has 1 N–H and O–H groups in total. The predicted molar refractivity (Wildman–Crippen MR) is 56.5 cm³/mol. The Kier molecular flexibility index (Phi) is 4.59. The molecule has 0 spiro atoms. The van der Waals surface area contributed by atoms with Gasteiger partial charge in [0.15, 0.2) is 0 Å². The molecule has 1 saturated heterocycles. The topological polar surface area (TPSA) is 57.6 Å². The van der Waals surface area contributed by atoms with Gasteiger partial charge >= 0.3 is 5.97 Å². The lowest BCUT2D eigenvalue weighted by Crippen LogP contribution is -2.50. The number of hydrogen-bond donors (Lipinski definition) is 1. The van der Waals surface area contributed by atoms with Gasteiger partial charge in [-0.05, 0) is 6.42 Å². The average Bonchev–Trinajstić information content (AvgIpc) is 2.10. The Labute approximate surface area is 90.3 Å². The maximum absolute atomic E-state index is 11.5. The molecule has 0 bridgehead atoms. The summed E-state index contributed by atoms with van der Waals surface area (Å²) in [6, 6.07) is 0. The normalized spacial score (nSPS) is 16.2. The van der Waals surface area contributed by atoms with Crippen molar-refractivity contribution in [2.45, 2.75) is 39.0 Å². The fourth-order valence-corrected chi connectivity index (χ4v) is 1.83. The third-order valence-corrected chi connectivity index (χ3v) is 2.77. The number of likely N-dealkylation sites (tertiary alicyclic amines) is 1. The van der Waals surface area contributed by atoms with Crippen LogP contribution in [0.3, 0.4) is 0 Å². The predicted octanol–water partition coefficient (Wildman–Crippen LogP) is 1.50. The van der Waals surface area contributed by atoms with E-state index in [9.17, 15) is 9.59 Å². The molecule has 0 saturated carbocycles. The molecule has 4 nitrogen and oxygen atoms in total. The minimum atomic E-state index is -0.766. The lowest BCUT2D eigenvalue weighted by molar-refractivity contribution is -0.145. The molecule has 1 heterocycles. The molecule has 15 heavy (non-hydrogen) atoms. The highest BCUT2D eigenvalue weighted by Gasteiger charge is 2.31. The van der Waals surface area contributed by atoms with Gasteiger partial charge in [0.2, 0.25) is 5.91 Å². The van der Waals surface area contributed by atoms with Crippen molar-refractivity contribution in [3.05, 3.63) is 0 Å². The second-order valence-electron chi connectivity index (χ2n) is 4.22. The van der Waals surface area contributed by atoms with E-state index in [1.165, 1.54) is 0 Å². The molecule has 0 radical (unpaired) electrons. The molecular formula is C11H19NO3. The summed E-state index contributed by atoms with van der Waals surface area (Å²) < 4.78 is 0. The maximum Gasteiger partial charge on any atom is 0.303 e. The summed E-state index contributed by atoms with van der Waals surface area (Å²) in [4.78, 5) is 23.7. The van der Waals surface area contributed by atoms with Crippen LogP contribution in [0.25, 0.3) is 0 Å². The Morgan fingerprint density at radius 1 is 1.33 bits per heavy atom. The number of carbonyl (C=O) groups excluding carboxylic acids is 1. The van der Waals surface area contributed by atoms with Crippen LogP contribution in [0.4, 0.5) is 0 Å². The average molecular weight is 213 g/mol. The van der Waals surface area contributed by atoms with Crippen LogP contribution in [0.15, 0.2) is 0 Å². The van der Waals surface area contributed by atoms with Crippen molar-refractivity contribution in [2.24, 2.45) is 5.92 Å². The van der Waals surface area contributed by atoms with Gasteiger partial charge in [0.1, 0.15) is 0 Å². The van der Waals surface area contributed by atoms with Gasteiger partial charge in [-0.1, -0.05) is 19.8 Å². The van der Waals surface area contributed by atoms with Crippen molar-refractivity contribution >= 4 is 11.9 Å². The van der Waals surface area contributed by atoms with E-state index in [-0.39, 0.29) is 18.2 Å². The Morgan fingerprint density at radius 2 is 2.00 bits per heavy atom. The summed E-state index contributed by atoms with van der Waals surface area (Å²) in [7, 11) is 0. The Hall–Kier alpha value is -1.06. The Morgan fingerprint density at radius 3 is 2.53 bits per heavy atom. The van der Waals surface area contributed by atoms with Crippen LogP contribution in [0.5, 0.6) is 0 Å². The van der Waals surface area contributed by atoms with Gasteiger partial charge in [-0.15, -0.1) is 0 Å². The van der Waals surface area contributed by atoms with Crippen LogP contribution in [-0.4, -0.2) is 35.0 Å². The summed E-state index contributed by atoms with van der Waals surface area (Å²) in [5.74, 6) is -0.402. The number of unbranched alkanes of at least 4 members (excludes halogenated alkanes) is 2. The van der Waals surface area contributed by atoms with Gasteiger partial charge in [0, 0.05) is 25.4 Å². The summed E-state index contributed by atoms with van der Waals surface area (Å²) >= 11 is 0. The van der Waals surface area contributed by atoms with Crippen molar-refractivity contribution in [3.8, 4) is 0 Å². The van der Waals surface area contributed by atoms with Gasteiger partial charge in [-0.3, -0.25) is 9.59 Å². The molecule has 0 aromatic carbocycles. The van der Waals surface area contributed by atoms with E-state index in [0.717, 1.165) is 19.3 Å². The molecule has 1 fully saturated rings. The quantitative estimate of drug-likeness (QED) is 0.680. The highest BCUT2D eigenvalue weighted by Crippen LogP contribution is 2.20. The van der Waals surface area contributed by atoms with E-state index in [2.05, 4.69) is 6.92 Å². The number of hydrogen-bond acceptors (Lipinski definition) is 2. The van der Waals surface area contributed by atoms with E-state index < -0.39 is 5.97 Å². The van der Waals surface area contributed by atoms with Crippen LogP contribution in [0.2, 0.25) is 0 Å². The Bertz CT molecular complexity index is 234. The largest absolute Gasteiger partial charge is 0.481 e. The molecule has 0 atom stereocenters. The fourth-order valence-electron chi connectivity index (χ4n) is 1.83. The third kappa shape index (κ3) is 3.90. The van der Waals surface area contributed by atoms with Crippen molar-refractivity contribution in [1.29, 1.82) is 0 Å². The molecule has 0 aromatic heterocycles. The number of carboxylic acids is 1. The molecule has 0 aromatic rings. The molecular weight excluding hydrogens is 194 g/mol. The van der Waals surface area contributed by atoms with Crippen LogP contribution in [0, 0.1) is 5.92 Å². The van der Waals surface area contributed by atoms with E-state index in [1.54, 1.807) is 4.90 Å². The van der Waals surface area contributed by atoms with E-state index >= 15 is 0 Å². The monoisotopic (exact) mass is 213 g/mol. The maximum atomic E-state index is 11.5. The molecule has 4 heteroatoms.